The average molecular weight is 202 g/mol. The van der Waals surface area contributed by atoms with Crippen LogP contribution < -0.4 is 0 Å². The first-order valence-corrected chi connectivity index (χ1v) is 3.91. The molecular weight excluding hydrogens is 194 g/mol. The molecular formula is C8H8ClNO3. The number of halogens is 1. The third-order valence-corrected chi connectivity index (χ3v) is 1.70. The minimum Gasteiger partial charge on any atom is -0.506 e. The average Bonchev–Trinajstić information content (AvgIpc) is 2.11. The van der Waals surface area contributed by atoms with Gasteiger partial charge in [-0.3, -0.25) is 4.79 Å². The van der Waals surface area contributed by atoms with Crippen LogP contribution in [-0.2, 0) is 16.0 Å². The molecule has 1 aromatic rings. The Morgan fingerprint density at radius 3 is 3.08 bits per heavy atom. The monoisotopic (exact) mass is 201 g/mol. The van der Waals surface area contributed by atoms with Gasteiger partial charge in [-0.2, -0.15) is 0 Å². The Morgan fingerprint density at radius 2 is 2.46 bits per heavy atom. The van der Waals surface area contributed by atoms with Gasteiger partial charge in [0.15, 0.2) is 0 Å². The van der Waals surface area contributed by atoms with E-state index in [1.807, 2.05) is 0 Å². The van der Waals surface area contributed by atoms with Crippen molar-refractivity contribution in [3.8, 4) is 5.75 Å². The van der Waals surface area contributed by atoms with Crippen molar-refractivity contribution in [1.29, 1.82) is 0 Å². The number of methoxy groups -OCH3 is 1. The molecule has 0 saturated heterocycles. The lowest BCUT2D eigenvalue weighted by atomic mass is 10.2. The topological polar surface area (TPSA) is 59.4 Å². The summed E-state index contributed by atoms with van der Waals surface area (Å²) in [5.74, 6) is -0.493. The largest absolute Gasteiger partial charge is 0.506 e. The molecule has 0 aliphatic heterocycles. The standard InChI is InChI=1S/C8H8ClNO3/c1-13-8(12)3-5-2-7(9)10-4-6(5)11/h2,4,11H,3H2,1H3. The smallest absolute Gasteiger partial charge is 0.310 e. The summed E-state index contributed by atoms with van der Waals surface area (Å²) in [4.78, 5) is 14.5. The third-order valence-electron chi connectivity index (χ3n) is 1.49. The Labute approximate surface area is 80.1 Å². The second kappa shape index (κ2) is 4.09. The molecule has 0 radical (unpaired) electrons. The highest BCUT2D eigenvalue weighted by Gasteiger charge is 2.08. The van der Waals surface area contributed by atoms with E-state index in [0.717, 1.165) is 0 Å². The molecule has 5 heteroatoms. The van der Waals surface area contributed by atoms with Gasteiger partial charge in [-0.25, -0.2) is 4.98 Å². The zero-order chi connectivity index (χ0) is 9.84. The summed E-state index contributed by atoms with van der Waals surface area (Å²) in [7, 11) is 1.28. The van der Waals surface area contributed by atoms with Crippen LogP contribution in [0.1, 0.15) is 5.56 Å². The van der Waals surface area contributed by atoms with Crippen molar-refractivity contribution in [1.82, 2.24) is 4.98 Å². The summed E-state index contributed by atoms with van der Waals surface area (Å²) in [6, 6.07) is 1.42. The van der Waals surface area contributed by atoms with Crippen LogP contribution in [0.25, 0.3) is 0 Å². The Hall–Kier alpha value is -1.29. The van der Waals surface area contributed by atoms with Crippen molar-refractivity contribution >= 4 is 17.6 Å². The van der Waals surface area contributed by atoms with Crippen LogP contribution in [0.3, 0.4) is 0 Å². The SMILES string of the molecule is COC(=O)Cc1cc(Cl)ncc1O. The van der Waals surface area contributed by atoms with Gasteiger partial charge in [0.25, 0.3) is 0 Å². The predicted molar refractivity (Wildman–Crippen MR) is 46.6 cm³/mol. The quantitative estimate of drug-likeness (QED) is 0.576. The number of hydrogen-bond donors (Lipinski definition) is 1. The number of ether oxygens (including phenoxy) is 1. The number of nitrogens with zero attached hydrogens (tertiary/aromatic N) is 1. The van der Waals surface area contributed by atoms with E-state index in [2.05, 4.69) is 9.72 Å². The Bertz CT molecular complexity index is 327. The highest BCUT2D eigenvalue weighted by molar-refractivity contribution is 6.29. The Kier molecular flexibility index (Phi) is 3.08. The molecule has 1 aromatic heterocycles. The first kappa shape index (κ1) is 9.80. The molecule has 4 nitrogen and oxygen atoms in total. The van der Waals surface area contributed by atoms with Gasteiger partial charge in [0.1, 0.15) is 10.9 Å². The van der Waals surface area contributed by atoms with Gasteiger partial charge < -0.3 is 9.84 Å². The van der Waals surface area contributed by atoms with Crippen LogP contribution in [-0.4, -0.2) is 23.2 Å². The Balaban J connectivity index is 2.87. The molecule has 0 saturated carbocycles. The van der Waals surface area contributed by atoms with Crippen molar-refractivity contribution in [2.45, 2.75) is 6.42 Å². The number of pyridine rings is 1. The summed E-state index contributed by atoms with van der Waals surface area (Å²) in [6.45, 7) is 0. The second-order valence-corrected chi connectivity index (χ2v) is 2.78. The maximum Gasteiger partial charge on any atom is 0.310 e. The molecule has 0 aliphatic rings. The van der Waals surface area contributed by atoms with Crippen molar-refractivity contribution in [2.75, 3.05) is 7.11 Å². The number of carbonyl (C=O) groups excluding carboxylic acids is 1. The molecule has 0 aliphatic carbocycles. The van der Waals surface area contributed by atoms with Crippen LogP contribution in [0.15, 0.2) is 12.3 Å². The fourth-order valence-corrected chi connectivity index (χ4v) is 1.01. The van der Waals surface area contributed by atoms with Gasteiger partial charge in [0.05, 0.1) is 19.7 Å². The maximum atomic E-state index is 10.8. The number of esters is 1. The van der Waals surface area contributed by atoms with Gasteiger partial charge >= 0.3 is 5.97 Å². The lowest BCUT2D eigenvalue weighted by Crippen LogP contribution is -2.04. The molecule has 0 atom stereocenters. The Morgan fingerprint density at radius 1 is 1.77 bits per heavy atom. The van der Waals surface area contributed by atoms with Gasteiger partial charge in [0.2, 0.25) is 0 Å². The molecule has 1 N–H and O–H groups in total. The van der Waals surface area contributed by atoms with E-state index in [4.69, 9.17) is 11.6 Å². The number of rotatable bonds is 2. The lowest BCUT2D eigenvalue weighted by molar-refractivity contribution is -0.139. The van der Waals surface area contributed by atoms with Gasteiger partial charge in [0, 0.05) is 5.56 Å². The fraction of sp³-hybridized carbons (Fsp3) is 0.250. The van der Waals surface area contributed by atoms with Crippen LogP contribution >= 0.6 is 11.6 Å². The van der Waals surface area contributed by atoms with Crippen LogP contribution in [0.2, 0.25) is 5.15 Å². The first-order chi connectivity index (χ1) is 6.13. The van der Waals surface area contributed by atoms with Crippen LogP contribution in [0.4, 0.5) is 0 Å². The summed E-state index contributed by atoms with van der Waals surface area (Å²) >= 11 is 5.57. The zero-order valence-electron chi connectivity index (χ0n) is 6.95. The molecule has 0 amide bonds. The summed E-state index contributed by atoms with van der Waals surface area (Å²) in [5.41, 5.74) is 0.409. The zero-order valence-corrected chi connectivity index (χ0v) is 7.71. The summed E-state index contributed by atoms with van der Waals surface area (Å²) < 4.78 is 4.44. The molecule has 0 unspecified atom stereocenters. The highest BCUT2D eigenvalue weighted by Crippen LogP contribution is 2.19. The van der Waals surface area contributed by atoms with Crippen LogP contribution in [0.5, 0.6) is 5.75 Å². The number of carbonyl (C=O) groups is 1. The van der Waals surface area contributed by atoms with Crippen molar-refractivity contribution in [3.05, 3.63) is 23.0 Å². The number of aromatic hydroxyl groups is 1. The predicted octanol–water partition coefficient (Wildman–Crippen LogP) is 1.16. The third kappa shape index (κ3) is 2.59. The molecule has 0 aromatic carbocycles. The summed E-state index contributed by atoms with van der Waals surface area (Å²) in [5, 5.41) is 9.48. The molecule has 0 bridgehead atoms. The van der Waals surface area contributed by atoms with Gasteiger partial charge in [-0.1, -0.05) is 11.6 Å². The van der Waals surface area contributed by atoms with Crippen molar-refractivity contribution in [2.24, 2.45) is 0 Å². The van der Waals surface area contributed by atoms with E-state index in [-0.39, 0.29) is 17.3 Å². The molecule has 0 fully saturated rings. The molecule has 1 heterocycles. The molecule has 1 rings (SSSR count). The second-order valence-electron chi connectivity index (χ2n) is 2.39. The first-order valence-electron chi connectivity index (χ1n) is 3.53. The van der Waals surface area contributed by atoms with E-state index in [1.54, 1.807) is 0 Å². The normalized spacial score (nSPS) is 9.69. The molecule has 70 valence electrons. The van der Waals surface area contributed by atoms with Crippen molar-refractivity contribution in [3.63, 3.8) is 0 Å². The maximum absolute atomic E-state index is 10.8. The molecule has 13 heavy (non-hydrogen) atoms. The number of hydrogen-bond acceptors (Lipinski definition) is 4. The minimum atomic E-state index is -0.433. The van der Waals surface area contributed by atoms with Crippen LogP contribution in [0, 0.1) is 0 Å². The highest BCUT2D eigenvalue weighted by atomic mass is 35.5. The molecule has 0 spiro atoms. The van der Waals surface area contributed by atoms with E-state index in [0.29, 0.717) is 5.56 Å². The lowest BCUT2D eigenvalue weighted by Gasteiger charge is -2.02. The van der Waals surface area contributed by atoms with Gasteiger partial charge in [-0.15, -0.1) is 0 Å². The van der Waals surface area contributed by atoms with E-state index in [1.165, 1.54) is 19.4 Å². The van der Waals surface area contributed by atoms with E-state index in [9.17, 15) is 9.90 Å². The van der Waals surface area contributed by atoms with Gasteiger partial charge in [-0.05, 0) is 6.07 Å². The number of aromatic nitrogens is 1. The summed E-state index contributed by atoms with van der Waals surface area (Å²) in [6.07, 6.45) is 1.19. The fourth-order valence-electron chi connectivity index (χ4n) is 0.830. The minimum absolute atomic E-state index is 0.00935. The van der Waals surface area contributed by atoms with E-state index < -0.39 is 5.97 Å². The van der Waals surface area contributed by atoms with E-state index >= 15 is 0 Å². The van der Waals surface area contributed by atoms with Crippen molar-refractivity contribution < 1.29 is 14.6 Å².